The molecule has 2 N–H and O–H groups in total. The molecule has 2 aliphatic rings. The van der Waals surface area contributed by atoms with Crippen LogP contribution in [0.15, 0.2) is 42.0 Å². The van der Waals surface area contributed by atoms with E-state index in [1.54, 1.807) is 6.08 Å². The molecule has 0 aromatic heterocycles. The molecule has 3 atom stereocenters. The molecule has 1 amide bonds. The first-order chi connectivity index (χ1) is 21.0. The van der Waals surface area contributed by atoms with Gasteiger partial charge in [0.25, 0.3) is 0 Å². The van der Waals surface area contributed by atoms with Crippen LogP contribution in [0, 0.1) is 0 Å². The lowest BCUT2D eigenvalue weighted by Gasteiger charge is -2.31. The Bertz CT molecular complexity index is 1160. The smallest absolute Gasteiger partial charge is 0.422 e. The first-order valence-electron chi connectivity index (χ1n) is 15.2. The van der Waals surface area contributed by atoms with Crippen LogP contribution in [0.4, 0.5) is 13.2 Å². The summed E-state index contributed by atoms with van der Waals surface area (Å²) < 4.78 is 59.8. The zero-order valence-corrected chi connectivity index (χ0v) is 25.2. The van der Waals surface area contributed by atoms with Gasteiger partial charge in [0.2, 0.25) is 5.91 Å². The summed E-state index contributed by atoms with van der Waals surface area (Å²) in [4.78, 5) is 37.6. The van der Waals surface area contributed by atoms with Crippen molar-refractivity contribution in [1.29, 1.82) is 0 Å². The molecule has 1 saturated heterocycles. The van der Waals surface area contributed by atoms with E-state index in [-0.39, 0.29) is 31.0 Å². The number of carbonyl (C=O) groups is 3. The lowest BCUT2D eigenvalue weighted by atomic mass is 9.91. The molecule has 12 heteroatoms. The highest BCUT2D eigenvalue weighted by Gasteiger charge is 2.52. The number of unbranched alkanes of at least 4 members (excludes halogenated alkanes) is 4. The second-order valence-corrected chi connectivity index (χ2v) is 11.0. The predicted molar refractivity (Wildman–Crippen MR) is 155 cm³/mol. The second-order valence-electron chi connectivity index (χ2n) is 11.0. The summed E-state index contributed by atoms with van der Waals surface area (Å²) in [5.74, 6) is -3.05. The third kappa shape index (κ3) is 10.7. The minimum atomic E-state index is -4.62. The molecule has 3 rings (SSSR count). The van der Waals surface area contributed by atoms with E-state index >= 15 is 0 Å². The number of nitrogens with one attached hydrogen (secondary N) is 1. The third-order valence-corrected chi connectivity index (χ3v) is 7.38. The highest BCUT2D eigenvalue weighted by atomic mass is 19.4. The van der Waals surface area contributed by atoms with Gasteiger partial charge in [-0.05, 0) is 42.7 Å². The number of esters is 2. The van der Waals surface area contributed by atoms with Gasteiger partial charge in [0.15, 0.2) is 12.4 Å². The second kappa shape index (κ2) is 16.7. The lowest BCUT2D eigenvalue weighted by Crippen LogP contribution is -2.43. The Morgan fingerprint density at radius 3 is 2.30 bits per heavy atom. The summed E-state index contributed by atoms with van der Waals surface area (Å²) in [6.07, 6.45) is 4.53. The van der Waals surface area contributed by atoms with Gasteiger partial charge in [-0.25, -0.2) is 9.59 Å². The molecule has 0 saturated carbocycles. The van der Waals surface area contributed by atoms with Crippen molar-refractivity contribution in [3.05, 3.63) is 53.1 Å². The first-order valence-corrected chi connectivity index (χ1v) is 15.2. The van der Waals surface area contributed by atoms with E-state index in [2.05, 4.69) is 23.9 Å². The van der Waals surface area contributed by atoms with Crippen molar-refractivity contribution in [3.63, 3.8) is 0 Å². The molecular formula is C32H42F3NO8. The van der Waals surface area contributed by atoms with Gasteiger partial charge in [-0.15, -0.1) is 0 Å². The maximum atomic E-state index is 13.2. The van der Waals surface area contributed by atoms with Crippen molar-refractivity contribution in [1.82, 2.24) is 5.32 Å². The van der Waals surface area contributed by atoms with Gasteiger partial charge in [0, 0.05) is 37.5 Å². The summed E-state index contributed by atoms with van der Waals surface area (Å²) in [6, 6.07) is 5.92. The normalized spacial score (nSPS) is 21.0. The van der Waals surface area contributed by atoms with Gasteiger partial charge < -0.3 is 29.4 Å². The zero-order chi connectivity index (χ0) is 32.2. The van der Waals surface area contributed by atoms with Crippen LogP contribution >= 0.6 is 0 Å². The molecule has 44 heavy (non-hydrogen) atoms. The third-order valence-electron chi connectivity index (χ3n) is 7.38. The monoisotopic (exact) mass is 625 g/mol. The minimum Gasteiger partial charge on any atom is -0.456 e. The maximum Gasteiger partial charge on any atom is 0.422 e. The van der Waals surface area contributed by atoms with Crippen LogP contribution in [0.2, 0.25) is 0 Å². The SMILES string of the molecule is CCCCCC1(CCCCC)OC2C=C(C(=O)NCCO)CC(OC(=O)c3ccc(C=CC(=O)OCC(F)(F)F)cc3)C2O1. The molecule has 1 heterocycles. The van der Waals surface area contributed by atoms with E-state index in [4.69, 9.17) is 19.3 Å². The number of ether oxygens (including phenoxy) is 4. The zero-order valence-electron chi connectivity index (χ0n) is 25.2. The number of alkyl halides is 3. The van der Waals surface area contributed by atoms with E-state index in [0.29, 0.717) is 24.0 Å². The fourth-order valence-electron chi connectivity index (χ4n) is 5.18. The Morgan fingerprint density at radius 2 is 1.70 bits per heavy atom. The van der Waals surface area contributed by atoms with Crippen LogP contribution in [-0.2, 0) is 28.5 Å². The van der Waals surface area contributed by atoms with Crippen LogP contribution < -0.4 is 5.32 Å². The standard InChI is InChI=1S/C32H42F3NO8/c1-3-5-7-15-31(16-8-6-4-2)43-26-20-24(29(39)36-17-18-37)19-25(28(26)44-31)42-30(40)23-12-9-22(10-13-23)11-14-27(38)41-21-32(33,34)35/h9-14,20,25-26,28,37H,3-8,15-19,21H2,1-2H3,(H,36,39). The van der Waals surface area contributed by atoms with Crippen LogP contribution in [0.3, 0.4) is 0 Å². The number of hydrogen-bond acceptors (Lipinski definition) is 8. The number of aliphatic hydroxyl groups excluding tert-OH is 1. The molecule has 3 unspecified atom stereocenters. The highest BCUT2D eigenvalue weighted by molar-refractivity contribution is 5.94. The van der Waals surface area contributed by atoms with Crippen LogP contribution in [0.1, 0.15) is 87.6 Å². The van der Waals surface area contributed by atoms with Crippen molar-refractivity contribution in [2.24, 2.45) is 0 Å². The topological polar surface area (TPSA) is 120 Å². The number of fused-ring (bicyclic) bond motifs is 1. The van der Waals surface area contributed by atoms with Gasteiger partial charge in [-0.2, -0.15) is 13.2 Å². The number of rotatable bonds is 16. The van der Waals surface area contributed by atoms with Gasteiger partial charge in [-0.3, -0.25) is 4.79 Å². The Morgan fingerprint density at radius 1 is 1.05 bits per heavy atom. The summed E-state index contributed by atoms with van der Waals surface area (Å²) in [7, 11) is 0. The van der Waals surface area contributed by atoms with Gasteiger partial charge in [-0.1, -0.05) is 51.7 Å². The number of aliphatic hydroxyl groups is 1. The van der Waals surface area contributed by atoms with Gasteiger partial charge in [0.05, 0.1) is 12.2 Å². The summed E-state index contributed by atoms with van der Waals surface area (Å²) in [5.41, 5.74) is 1.01. The largest absolute Gasteiger partial charge is 0.456 e. The molecule has 244 valence electrons. The van der Waals surface area contributed by atoms with E-state index < -0.39 is 48.8 Å². The summed E-state index contributed by atoms with van der Waals surface area (Å²) in [5, 5.41) is 11.8. The van der Waals surface area contributed by atoms with Gasteiger partial charge in [0.1, 0.15) is 18.3 Å². The van der Waals surface area contributed by atoms with Crippen molar-refractivity contribution < 1.29 is 51.6 Å². The Kier molecular flexibility index (Phi) is 13.4. The molecule has 9 nitrogen and oxygen atoms in total. The maximum absolute atomic E-state index is 13.2. The predicted octanol–water partition coefficient (Wildman–Crippen LogP) is 5.41. The minimum absolute atomic E-state index is 0.0743. The molecule has 1 aromatic rings. The van der Waals surface area contributed by atoms with Crippen molar-refractivity contribution in [2.75, 3.05) is 19.8 Å². The van der Waals surface area contributed by atoms with Crippen LogP contribution in [0.5, 0.6) is 0 Å². The molecule has 1 fully saturated rings. The fourth-order valence-corrected chi connectivity index (χ4v) is 5.18. The summed E-state index contributed by atoms with van der Waals surface area (Å²) >= 11 is 0. The first kappa shape index (κ1) is 35.3. The quantitative estimate of drug-likeness (QED) is 0.142. The lowest BCUT2D eigenvalue weighted by molar-refractivity contribution is -0.190. The molecular weight excluding hydrogens is 583 g/mol. The molecule has 0 bridgehead atoms. The van der Waals surface area contributed by atoms with E-state index in [9.17, 15) is 27.6 Å². The molecule has 0 spiro atoms. The Balaban J connectivity index is 1.75. The molecule has 1 aliphatic carbocycles. The average molecular weight is 626 g/mol. The fraction of sp³-hybridized carbons (Fsp3) is 0.594. The van der Waals surface area contributed by atoms with E-state index in [0.717, 1.165) is 44.6 Å². The highest BCUT2D eigenvalue weighted by Crippen LogP contribution is 2.43. The van der Waals surface area contributed by atoms with E-state index in [1.807, 2.05) is 0 Å². The van der Waals surface area contributed by atoms with Crippen molar-refractivity contribution in [2.45, 2.75) is 102 Å². The Hall–Kier alpha value is -3.22. The number of amides is 1. The summed E-state index contributed by atoms with van der Waals surface area (Å²) in [6.45, 7) is 2.40. The van der Waals surface area contributed by atoms with Crippen molar-refractivity contribution in [3.8, 4) is 0 Å². The molecule has 1 aromatic carbocycles. The van der Waals surface area contributed by atoms with E-state index in [1.165, 1.54) is 30.3 Å². The molecule has 1 aliphatic heterocycles. The number of halogens is 3. The number of hydrogen-bond donors (Lipinski definition) is 2. The van der Waals surface area contributed by atoms with Gasteiger partial charge >= 0.3 is 18.1 Å². The van der Waals surface area contributed by atoms with Crippen LogP contribution in [-0.4, -0.2) is 73.0 Å². The number of carbonyl (C=O) groups excluding carboxylic acids is 3. The number of benzene rings is 1. The average Bonchev–Trinajstić information content (AvgIpc) is 3.36. The Labute approximate surface area is 255 Å². The van der Waals surface area contributed by atoms with Crippen molar-refractivity contribution >= 4 is 23.9 Å². The van der Waals surface area contributed by atoms with Crippen LogP contribution in [0.25, 0.3) is 6.08 Å². The molecule has 0 radical (unpaired) electrons.